The summed E-state index contributed by atoms with van der Waals surface area (Å²) in [7, 11) is -2.13. The van der Waals surface area contributed by atoms with Crippen molar-refractivity contribution in [3.8, 4) is 0 Å². The zero-order valence-electron chi connectivity index (χ0n) is 22.3. The summed E-state index contributed by atoms with van der Waals surface area (Å²) in [4.78, 5) is 17.3. The Labute approximate surface area is 215 Å². The minimum absolute atomic E-state index is 0.115. The van der Waals surface area contributed by atoms with Crippen LogP contribution in [0.3, 0.4) is 0 Å². The van der Waals surface area contributed by atoms with Gasteiger partial charge in [0, 0.05) is 36.5 Å². The Morgan fingerprint density at radius 1 is 1.17 bits per heavy atom. The molecule has 1 fully saturated rings. The lowest BCUT2D eigenvalue weighted by molar-refractivity contribution is -0.137. The summed E-state index contributed by atoms with van der Waals surface area (Å²) < 4.78 is 30.4. The maximum atomic E-state index is 13.5. The van der Waals surface area contributed by atoms with E-state index in [9.17, 15) is 18.3 Å². The highest BCUT2D eigenvalue weighted by Gasteiger charge is 2.31. The normalized spacial score (nSPS) is 15.4. The number of carbonyl (C=O) groups is 1. The number of nitrogens with zero attached hydrogens (tertiary/aromatic N) is 3. The van der Waals surface area contributed by atoms with Crippen LogP contribution in [0.4, 0.5) is 0 Å². The third-order valence-electron chi connectivity index (χ3n) is 6.60. The van der Waals surface area contributed by atoms with E-state index in [1.807, 2.05) is 30.5 Å². The highest BCUT2D eigenvalue weighted by atomic mass is 32.2. The first kappa shape index (κ1) is 27.9. The molecule has 0 bridgehead atoms. The number of hydrogen-bond donors (Lipinski definition) is 1. The van der Waals surface area contributed by atoms with E-state index in [1.54, 1.807) is 16.4 Å². The zero-order valence-corrected chi connectivity index (χ0v) is 23.1. The Balaban J connectivity index is 2.26. The van der Waals surface area contributed by atoms with Gasteiger partial charge in [-0.05, 0) is 55.2 Å². The molecular weight excluding hydrogens is 478 g/mol. The molecular formula is C27H39N3O5S. The van der Waals surface area contributed by atoms with Crippen molar-refractivity contribution in [3.63, 3.8) is 0 Å². The van der Waals surface area contributed by atoms with E-state index in [1.165, 1.54) is 7.11 Å². The van der Waals surface area contributed by atoms with Gasteiger partial charge in [0.2, 0.25) is 10.0 Å². The molecule has 1 N–H and O–H groups in total. The van der Waals surface area contributed by atoms with Gasteiger partial charge in [-0.15, -0.1) is 0 Å². The minimum atomic E-state index is -3.62. The first-order chi connectivity index (χ1) is 16.9. The van der Waals surface area contributed by atoms with Gasteiger partial charge in [-0.3, -0.25) is 4.79 Å². The second kappa shape index (κ2) is 11.2. The Bertz CT molecular complexity index is 1230. The molecule has 36 heavy (non-hydrogen) atoms. The summed E-state index contributed by atoms with van der Waals surface area (Å²) in [6, 6.07) is 7.13. The van der Waals surface area contributed by atoms with Crippen LogP contribution in [0.1, 0.15) is 75.0 Å². The quantitative estimate of drug-likeness (QED) is 0.366. The molecule has 1 aliphatic heterocycles. The Morgan fingerprint density at radius 2 is 1.81 bits per heavy atom. The second-order valence-corrected chi connectivity index (χ2v) is 12.5. The molecule has 9 heteroatoms. The van der Waals surface area contributed by atoms with E-state index in [0.717, 1.165) is 41.1 Å². The lowest BCUT2D eigenvalue weighted by Gasteiger charge is -2.21. The maximum Gasteiger partial charge on any atom is 0.323 e. The van der Waals surface area contributed by atoms with Gasteiger partial charge in [0.25, 0.3) is 0 Å². The lowest BCUT2D eigenvalue weighted by atomic mass is 9.87. The standard InChI is InChI=1S/C27H39N3O5S/c1-7-22(28-35-6)26-21(19(2)30(18-25(31)32)23(26)17-27(3,4)5)16-20-12-8-9-13-24(20)36(33,34)29-14-10-11-15-29/h8-9,12-13H,7,10-11,14-18H2,1-6H3,(H,31,32)/b28-22+. The van der Waals surface area contributed by atoms with Gasteiger partial charge in [-0.25, -0.2) is 8.42 Å². The molecule has 0 unspecified atom stereocenters. The molecule has 0 atom stereocenters. The van der Waals surface area contributed by atoms with Gasteiger partial charge in [-0.2, -0.15) is 4.31 Å². The molecule has 0 spiro atoms. The molecule has 0 radical (unpaired) electrons. The monoisotopic (exact) mass is 517 g/mol. The van der Waals surface area contributed by atoms with Gasteiger partial charge < -0.3 is 14.5 Å². The fraction of sp³-hybridized carbons (Fsp3) is 0.556. The van der Waals surface area contributed by atoms with E-state index in [-0.39, 0.29) is 12.0 Å². The number of carboxylic acids is 1. The van der Waals surface area contributed by atoms with E-state index in [0.29, 0.717) is 42.8 Å². The van der Waals surface area contributed by atoms with Crippen LogP contribution < -0.4 is 0 Å². The van der Waals surface area contributed by atoms with Crippen LogP contribution >= 0.6 is 0 Å². The molecule has 1 aromatic heterocycles. The number of aliphatic carboxylic acids is 1. The number of carboxylic acid groups (broad SMARTS) is 1. The first-order valence-electron chi connectivity index (χ1n) is 12.5. The fourth-order valence-electron chi connectivity index (χ4n) is 5.00. The lowest BCUT2D eigenvalue weighted by Crippen LogP contribution is -2.28. The van der Waals surface area contributed by atoms with E-state index >= 15 is 0 Å². The Hall–Kier alpha value is -2.65. The van der Waals surface area contributed by atoms with Crippen molar-refractivity contribution in [1.82, 2.24) is 8.87 Å². The number of benzene rings is 1. The second-order valence-electron chi connectivity index (χ2n) is 10.6. The molecule has 3 rings (SSSR count). The molecule has 1 aromatic carbocycles. The molecule has 2 aromatic rings. The summed E-state index contributed by atoms with van der Waals surface area (Å²) in [6.07, 6.45) is 3.30. The number of aromatic nitrogens is 1. The van der Waals surface area contributed by atoms with Crippen LogP contribution in [0.5, 0.6) is 0 Å². The van der Waals surface area contributed by atoms with Crippen LogP contribution in [-0.2, 0) is 39.0 Å². The molecule has 0 saturated carbocycles. The van der Waals surface area contributed by atoms with Crippen molar-refractivity contribution in [1.29, 1.82) is 0 Å². The molecule has 0 aliphatic carbocycles. The molecule has 2 heterocycles. The fourth-order valence-corrected chi connectivity index (χ4v) is 6.74. The van der Waals surface area contributed by atoms with Crippen molar-refractivity contribution in [2.45, 2.75) is 78.2 Å². The zero-order chi connectivity index (χ0) is 26.7. The van der Waals surface area contributed by atoms with Crippen LogP contribution in [0.2, 0.25) is 0 Å². The van der Waals surface area contributed by atoms with Gasteiger partial charge in [-0.1, -0.05) is 51.0 Å². The van der Waals surface area contributed by atoms with Crippen molar-refractivity contribution in [2.24, 2.45) is 10.6 Å². The maximum absolute atomic E-state index is 13.5. The van der Waals surface area contributed by atoms with Gasteiger partial charge in [0.1, 0.15) is 13.7 Å². The first-order valence-corrected chi connectivity index (χ1v) is 14.0. The van der Waals surface area contributed by atoms with E-state index < -0.39 is 16.0 Å². The van der Waals surface area contributed by atoms with Crippen LogP contribution in [-0.4, -0.2) is 54.3 Å². The highest BCUT2D eigenvalue weighted by Crippen LogP contribution is 2.34. The SMILES string of the molecule is CC/C(=N\OC)c1c(Cc2ccccc2S(=O)(=O)N2CCCC2)c(C)n(CC(=O)O)c1CC(C)(C)C. The Kier molecular flexibility index (Phi) is 8.67. The predicted molar refractivity (Wildman–Crippen MR) is 141 cm³/mol. The summed E-state index contributed by atoms with van der Waals surface area (Å²) in [5.41, 5.74) is 4.73. The molecule has 1 saturated heterocycles. The smallest absolute Gasteiger partial charge is 0.323 e. The number of hydrogen-bond acceptors (Lipinski definition) is 5. The van der Waals surface area contributed by atoms with E-state index in [2.05, 4.69) is 25.9 Å². The average molecular weight is 518 g/mol. The third kappa shape index (κ3) is 6.00. The van der Waals surface area contributed by atoms with Gasteiger partial charge in [0.15, 0.2) is 0 Å². The summed E-state index contributed by atoms with van der Waals surface area (Å²) in [5, 5.41) is 14.0. The Morgan fingerprint density at radius 3 is 2.36 bits per heavy atom. The topological polar surface area (TPSA) is 101 Å². The van der Waals surface area contributed by atoms with Gasteiger partial charge >= 0.3 is 5.97 Å². The summed E-state index contributed by atoms with van der Waals surface area (Å²) in [6.45, 7) is 11.1. The largest absolute Gasteiger partial charge is 0.480 e. The van der Waals surface area contributed by atoms with Gasteiger partial charge in [0.05, 0.1) is 10.6 Å². The predicted octanol–water partition coefficient (Wildman–Crippen LogP) is 4.61. The van der Waals surface area contributed by atoms with Crippen LogP contribution in [0, 0.1) is 12.3 Å². The number of oxime groups is 1. The van der Waals surface area contributed by atoms with Crippen molar-refractivity contribution in [2.75, 3.05) is 20.2 Å². The number of rotatable bonds is 10. The summed E-state index contributed by atoms with van der Waals surface area (Å²) >= 11 is 0. The van der Waals surface area contributed by atoms with Crippen molar-refractivity contribution >= 4 is 21.7 Å². The van der Waals surface area contributed by atoms with E-state index in [4.69, 9.17) is 4.84 Å². The average Bonchev–Trinajstić information content (AvgIpc) is 3.42. The van der Waals surface area contributed by atoms with Crippen molar-refractivity contribution in [3.05, 3.63) is 52.3 Å². The summed E-state index contributed by atoms with van der Waals surface area (Å²) in [5.74, 6) is -0.930. The minimum Gasteiger partial charge on any atom is -0.480 e. The molecule has 8 nitrogen and oxygen atoms in total. The highest BCUT2D eigenvalue weighted by molar-refractivity contribution is 7.89. The molecule has 1 aliphatic rings. The third-order valence-corrected chi connectivity index (χ3v) is 8.60. The van der Waals surface area contributed by atoms with Crippen LogP contribution in [0.15, 0.2) is 34.3 Å². The van der Waals surface area contributed by atoms with Crippen molar-refractivity contribution < 1.29 is 23.2 Å². The van der Waals surface area contributed by atoms with Crippen LogP contribution in [0.25, 0.3) is 0 Å². The molecule has 198 valence electrons. The number of sulfonamides is 1. The molecule has 0 amide bonds.